The molecule has 1 N–H and O–H groups in total. The average Bonchev–Trinajstić information content (AvgIpc) is 2.84. The van der Waals surface area contributed by atoms with E-state index >= 15 is 0 Å². The third-order valence-corrected chi connectivity index (χ3v) is 8.44. The second-order valence-electron chi connectivity index (χ2n) is 10.7. The van der Waals surface area contributed by atoms with Gasteiger partial charge in [0.05, 0.1) is 0 Å². The smallest absolute Gasteiger partial charge is 0.248 e. The van der Waals surface area contributed by atoms with Crippen LogP contribution in [-0.2, 0) is 15.6 Å². The van der Waals surface area contributed by atoms with Crippen LogP contribution in [0.15, 0.2) is 91.0 Å². The van der Waals surface area contributed by atoms with Crippen molar-refractivity contribution in [3.8, 4) is 0 Å². The third-order valence-electron chi connectivity index (χ3n) is 8.44. The van der Waals surface area contributed by atoms with Crippen LogP contribution in [0.25, 0.3) is 6.08 Å². The highest BCUT2D eigenvalue weighted by atomic mass is 16.1. The van der Waals surface area contributed by atoms with Gasteiger partial charge >= 0.3 is 0 Å². The lowest BCUT2D eigenvalue weighted by Gasteiger charge is -2.62. The molecule has 2 heteroatoms. The fourth-order valence-corrected chi connectivity index (χ4v) is 7.56. The van der Waals surface area contributed by atoms with E-state index in [-0.39, 0.29) is 11.3 Å². The standard InChI is InChI=1S/C31H31NO/c33-29(16-11-23-7-3-1-4-8-23)32-28-14-12-27(13-15-28)31-20-24-17-25(21-31)19-30(18-24,22-31)26-9-5-2-6-10-26/h1-16,24-25H,17-22H2,(H,32,33)/b16-11+. The second-order valence-corrected chi connectivity index (χ2v) is 10.7. The third kappa shape index (κ3) is 3.82. The van der Waals surface area contributed by atoms with E-state index in [1.165, 1.54) is 44.1 Å². The maximum atomic E-state index is 12.4. The maximum Gasteiger partial charge on any atom is 0.248 e. The highest BCUT2D eigenvalue weighted by Crippen LogP contribution is 2.66. The zero-order valence-corrected chi connectivity index (χ0v) is 19.0. The van der Waals surface area contributed by atoms with E-state index in [9.17, 15) is 4.79 Å². The minimum atomic E-state index is -0.0931. The quantitative estimate of drug-likeness (QED) is 0.426. The van der Waals surface area contributed by atoms with Gasteiger partial charge in [0, 0.05) is 11.8 Å². The molecule has 2 unspecified atom stereocenters. The van der Waals surface area contributed by atoms with Crippen LogP contribution in [0.4, 0.5) is 5.69 Å². The van der Waals surface area contributed by atoms with Crippen LogP contribution >= 0.6 is 0 Å². The molecule has 0 aliphatic heterocycles. The van der Waals surface area contributed by atoms with Gasteiger partial charge in [-0.05, 0) is 96.1 Å². The molecule has 0 spiro atoms. The van der Waals surface area contributed by atoms with Crippen LogP contribution in [0.5, 0.6) is 0 Å². The SMILES string of the molecule is O=C(/C=C/c1ccccc1)Nc1ccc(C23CC4CC(CC(c5ccccc5)(C4)C2)C3)cc1. The minimum Gasteiger partial charge on any atom is -0.323 e. The van der Waals surface area contributed by atoms with Crippen molar-refractivity contribution in [1.82, 2.24) is 0 Å². The predicted molar refractivity (Wildman–Crippen MR) is 135 cm³/mol. The molecule has 7 rings (SSSR count). The molecule has 0 saturated heterocycles. The van der Waals surface area contributed by atoms with Gasteiger partial charge in [0.15, 0.2) is 0 Å². The Balaban J connectivity index is 1.21. The molecule has 0 radical (unpaired) electrons. The number of anilines is 1. The second kappa shape index (κ2) is 8.02. The summed E-state index contributed by atoms with van der Waals surface area (Å²) in [5.74, 6) is 1.59. The van der Waals surface area contributed by atoms with Crippen molar-refractivity contribution >= 4 is 17.7 Å². The maximum absolute atomic E-state index is 12.4. The molecular formula is C31H31NO. The zero-order valence-electron chi connectivity index (χ0n) is 19.0. The van der Waals surface area contributed by atoms with Gasteiger partial charge in [-0.3, -0.25) is 4.79 Å². The topological polar surface area (TPSA) is 29.1 Å². The van der Waals surface area contributed by atoms with Crippen molar-refractivity contribution in [2.45, 2.75) is 49.4 Å². The van der Waals surface area contributed by atoms with Gasteiger partial charge in [-0.1, -0.05) is 72.8 Å². The molecule has 4 aliphatic carbocycles. The van der Waals surface area contributed by atoms with Gasteiger partial charge in [0.25, 0.3) is 0 Å². The molecule has 0 heterocycles. The van der Waals surface area contributed by atoms with Crippen LogP contribution in [0.1, 0.15) is 55.2 Å². The lowest BCUT2D eigenvalue weighted by molar-refractivity contribution is -0.111. The molecule has 33 heavy (non-hydrogen) atoms. The van der Waals surface area contributed by atoms with E-state index in [0.29, 0.717) is 5.41 Å². The Morgan fingerprint density at radius 3 is 1.88 bits per heavy atom. The van der Waals surface area contributed by atoms with E-state index < -0.39 is 0 Å². The highest BCUT2D eigenvalue weighted by Gasteiger charge is 2.58. The van der Waals surface area contributed by atoms with Crippen molar-refractivity contribution < 1.29 is 4.79 Å². The zero-order chi connectivity index (χ0) is 22.3. The monoisotopic (exact) mass is 433 g/mol. The number of nitrogens with one attached hydrogen (secondary N) is 1. The molecule has 2 atom stereocenters. The molecule has 4 saturated carbocycles. The predicted octanol–water partition coefficient (Wildman–Crippen LogP) is 7.13. The molecule has 4 aliphatic rings. The summed E-state index contributed by atoms with van der Waals surface area (Å²) < 4.78 is 0. The van der Waals surface area contributed by atoms with E-state index in [0.717, 1.165) is 23.1 Å². The van der Waals surface area contributed by atoms with E-state index in [1.54, 1.807) is 11.6 Å². The van der Waals surface area contributed by atoms with Crippen LogP contribution < -0.4 is 5.32 Å². The van der Waals surface area contributed by atoms with E-state index in [4.69, 9.17) is 0 Å². The van der Waals surface area contributed by atoms with E-state index in [2.05, 4.69) is 59.9 Å². The molecule has 1 amide bonds. The van der Waals surface area contributed by atoms with Gasteiger partial charge in [0.2, 0.25) is 5.91 Å². The summed E-state index contributed by atoms with van der Waals surface area (Å²) in [6, 6.07) is 30.0. The first-order valence-corrected chi connectivity index (χ1v) is 12.3. The Kier molecular flexibility index (Phi) is 4.98. The summed E-state index contributed by atoms with van der Waals surface area (Å²) >= 11 is 0. The number of benzene rings is 3. The number of carbonyl (C=O) groups excluding carboxylic acids is 1. The minimum absolute atomic E-state index is 0.0931. The fourth-order valence-electron chi connectivity index (χ4n) is 7.56. The molecule has 3 aromatic carbocycles. The number of amides is 1. The first kappa shape index (κ1) is 20.5. The van der Waals surface area contributed by atoms with Gasteiger partial charge in [-0.15, -0.1) is 0 Å². The Morgan fingerprint density at radius 2 is 1.27 bits per heavy atom. The molecule has 4 bridgehead atoms. The van der Waals surface area contributed by atoms with Crippen molar-refractivity contribution in [2.24, 2.45) is 11.8 Å². The molecule has 0 aromatic heterocycles. The van der Waals surface area contributed by atoms with Gasteiger partial charge in [-0.2, -0.15) is 0 Å². The summed E-state index contributed by atoms with van der Waals surface area (Å²) in [4.78, 5) is 12.4. The number of hydrogen-bond acceptors (Lipinski definition) is 1. The lowest BCUT2D eigenvalue weighted by Crippen LogP contribution is -2.55. The van der Waals surface area contributed by atoms with Crippen molar-refractivity contribution in [2.75, 3.05) is 5.32 Å². The average molecular weight is 434 g/mol. The molecule has 2 nitrogen and oxygen atoms in total. The Morgan fingerprint density at radius 1 is 0.727 bits per heavy atom. The fraction of sp³-hybridized carbons (Fsp3) is 0.323. The normalized spacial score (nSPS) is 29.9. The summed E-state index contributed by atoms with van der Waals surface area (Å²) in [5, 5.41) is 3.02. The highest BCUT2D eigenvalue weighted by molar-refractivity contribution is 6.01. The molecule has 4 fully saturated rings. The summed E-state index contributed by atoms with van der Waals surface area (Å²) in [6.07, 6.45) is 11.5. The van der Waals surface area contributed by atoms with Gasteiger partial charge in [0.1, 0.15) is 0 Å². The summed E-state index contributed by atoms with van der Waals surface area (Å²) in [7, 11) is 0. The van der Waals surface area contributed by atoms with Crippen LogP contribution in [-0.4, -0.2) is 5.91 Å². The largest absolute Gasteiger partial charge is 0.323 e. The van der Waals surface area contributed by atoms with Crippen LogP contribution in [0.2, 0.25) is 0 Å². The Labute approximate surface area is 196 Å². The first-order chi connectivity index (χ1) is 16.1. The first-order valence-electron chi connectivity index (χ1n) is 12.3. The van der Waals surface area contributed by atoms with E-state index in [1.807, 2.05) is 36.4 Å². The van der Waals surface area contributed by atoms with Crippen molar-refractivity contribution in [3.63, 3.8) is 0 Å². The van der Waals surface area contributed by atoms with Gasteiger partial charge in [-0.25, -0.2) is 0 Å². The number of rotatable bonds is 5. The Hall–Kier alpha value is -3.13. The summed E-state index contributed by atoms with van der Waals surface area (Å²) in [6.45, 7) is 0. The van der Waals surface area contributed by atoms with Gasteiger partial charge < -0.3 is 5.32 Å². The van der Waals surface area contributed by atoms with Crippen LogP contribution in [0, 0.1) is 11.8 Å². The Bertz CT molecular complexity index is 1150. The van der Waals surface area contributed by atoms with Crippen molar-refractivity contribution in [3.05, 3.63) is 108 Å². The number of hydrogen-bond donors (Lipinski definition) is 1. The van der Waals surface area contributed by atoms with Crippen molar-refractivity contribution in [1.29, 1.82) is 0 Å². The van der Waals surface area contributed by atoms with Crippen LogP contribution in [0.3, 0.4) is 0 Å². The molecule has 3 aromatic rings. The number of carbonyl (C=O) groups is 1. The lowest BCUT2D eigenvalue weighted by atomic mass is 9.42. The molecule has 166 valence electrons. The molecular weight excluding hydrogens is 402 g/mol. The summed E-state index contributed by atoms with van der Waals surface area (Å²) in [5.41, 5.74) is 5.55.